The summed E-state index contributed by atoms with van der Waals surface area (Å²) in [5.41, 5.74) is -0.706. The number of nitro benzene ring substituents is 1. The van der Waals surface area contributed by atoms with Gasteiger partial charge in [0.2, 0.25) is 11.5 Å². The number of carbonyl (C=O) groups excluding carboxylic acids is 1. The van der Waals surface area contributed by atoms with Crippen LogP contribution < -0.4 is 5.32 Å². The zero-order valence-electron chi connectivity index (χ0n) is 10.8. The van der Waals surface area contributed by atoms with E-state index in [0.29, 0.717) is 0 Å². The van der Waals surface area contributed by atoms with Crippen LogP contribution in [-0.4, -0.2) is 30.2 Å². The molecule has 1 amide bonds. The first-order valence-corrected chi connectivity index (χ1v) is 5.92. The molecular weight excluding hydrogens is 309 g/mol. The van der Waals surface area contributed by atoms with Gasteiger partial charge in [-0.15, -0.1) is 0 Å². The van der Waals surface area contributed by atoms with Crippen LogP contribution in [0.2, 0.25) is 0 Å². The highest BCUT2D eigenvalue weighted by molar-refractivity contribution is 6.04. The van der Waals surface area contributed by atoms with Gasteiger partial charge in [0.25, 0.3) is 11.6 Å². The second-order valence-corrected chi connectivity index (χ2v) is 4.08. The van der Waals surface area contributed by atoms with Crippen molar-refractivity contribution in [3.63, 3.8) is 0 Å². The van der Waals surface area contributed by atoms with Gasteiger partial charge in [-0.3, -0.25) is 14.9 Å². The number of para-hydroxylation sites is 2. The number of alkyl halides is 3. The Balaban J connectivity index is 2.32. The molecule has 1 N–H and O–H groups in total. The monoisotopic (exact) mass is 318 g/mol. The van der Waals surface area contributed by atoms with E-state index in [1.807, 2.05) is 5.32 Å². The van der Waals surface area contributed by atoms with E-state index in [1.54, 1.807) is 0 Å². The first-order chi connectivity index (χ1) is 10.3. The third kappa shape index (κ3) is 3.27. The molecule has 0 bridgehead atoms. The zero-order valence-corrected chi connectivity index (χ0v) is 10.8. The van der Waals surface area contributed by atoms with Gasteiger partial charge in [-0.1, -0.05) is 12.1 Å². The van der Waals surface area contributed by atoms with E-state index in [2.05, 4.69) is 4.74 Å². The molecule has 0 saturated heterocycles. The molecule has 0 radical (unpaired) electrons. The number of hydrogen-bond acceptors (Lipinski definition) is 5. The van der Waals surface area contributed by atoms with Crippen LogP contribution in [0.15, 0.2) is 35.8 Å². The minimum atomic E-state index is -4.91. The number of halogens is 3. The molecule has 0 fully saturated rings. The summed E-state index contributed by atoms with van der Waals surface area (Å²) < 4.78 is 47.4. The highest BCUT2D eigenvalue weighted by Gasteiger charge is 2.43. The first-order valence-electron chi connectivity index (χ1n) is 5.92. The first kappa shape index (κ1) is 15.6. The molecule has 1 aliphatic rings. The smallest absolute Gasteiger partial charge is 0.453 e. The second kappa shape index (κ2) is 5.92. The molecule has 22 heavy (non-hydrogen) atoms. The minimum absolute atomic E-state index is 0.237. The number of nitrogens with zero attached hydrogens (tertiary/aromatic N) is 1. The van der Waals surface area contributed by atoms with Crippen LogP contribution >= 0.6 is 0 Å². The predicted molar refractivity (Wildman–Crippen MR) is 66.7 cm³/mol. The molecular formula is C12H9F3N2O5. The molecule has 1 heterocycles. The van der Waals surface area contributed by atoms with Gasteiger partial charge in [0.05, 0.1) is 4.92 Å². The Kier molecular flexibility index (Phi) is 4.20. The molecule has 0 aromatic heterocycles. The maximum atomic E-state index is 12.7. The summed E-state index contributed by atoms with van der Waals surface area (Å²) in [6.07, 6.45) is -4.91. The van der Waals surface area contributed by atoms with Gasteiger partial charge in [0.15, 0.2) is 0 Å². The number of benzene rings is 1. The SMILES string of the molecule is O=C(Nc1ccccc1[N+](=O)[O-])C1=C(C(F)(F)F)OCCO1. The molecule has 0 atom stereocenters. The van der Waals surface area contributed by atoms with E-state index >= 15 is 0 Å². The van der Waals surface area contributed by atoms with Crippen LogP contribution in [0.5, 0.6) is 0 Å². The van der Waals surface area contributed by atoms with Crippen molar-refractivity contribution in [2.24, 2.45) is 0 Å². The van der Waals surface area contributed by atoms with Crippen LogP contribution in [0.25, 0.3) is 0 Å². The van der Waals surface area contributed by atoms with Crippen molar-refractivity contribution < 1.29 is 32.4 Å². The lowest BCUT2D eigenvalue weighted by Gasteiger charge is -2.22. The van der Waals surface area contributed by atoms with E-state index in [4.69, 9.17) is 4.74 Å². The summed E-state index contributed by atoms with van der Waals surface area (Å²) in [5, 5.41) is 12.8. The molecule has 7 nitrogen and oxygen atoms in total. The van der Waals surface area contributed by atoms with Crippen LogP contribution in [-0.2, 0) is 14.3 Å². The summed E-state index contributed by atoms with van der Waals surface area (Å²) in [4.78, 5) is 21.9. The predicted octanol–water partition coefficient (Wildman–Crippen LogP) is 2.35. The summed E-state index contributed by atoms with van der Waals surface area (Å²) >= 11 is 0. The van der Waals surface area contributed by atoms with Crippen LogP contribution in [0.4, 0.5) is 24.5 Å². The number of hydrogen-bond donors (Lipinski definition) is 1. The topological polar surface area (TPSA) is 90.7 Å². The Morgan fingerprint density at radius 3 is 2.50 bits per heavy atom. The van der Waals surface area contributed by atoms with Crippen LogP contribution in [0, 0.1) is 10.1 Å². The summed E-state index contributed by atoms with van der Waals surface area (Å²) in [5.74, 6) is -3.90. The highest BCUT2D eigenvalue weighted by atomic mass is 19.4. The Morgan fingerprint density at radius 1 is 1.23 bits per heavy atom. The highest BCUT2D eigenvalue weighted by Crippen LogP contribution is 2.32. The maximum absolute atomic E-state index is 12.7. The Labute approximate surface area is 121 Å². The quantitative estimate of drug-likeness (QED) is 0.682. The van der Waals surface area contributed by atoms with E-state index < -0.39 is 34.2 Å². The lowest BCUT2D eigenvalue weighted by atomic mass is 10.2. The Bertz CT molecular complexity index is 642. The molecule has 1 aliphatic heterocycles. The third-order valence-corrected chi connectivity index (χ3v) is 2.60. The van der Waals surface area contributed by atoms with Crippen molar-refractivity contribution in [1.82, 2.24) is 0 Å². The van der Waals surface area contributed by atoms with Gasteiger partial charge < -0.3 is 14.8 Å². The number of nitrogens with one attached hydrogen (secondary N) is 1. The van der Waals surface area contributed by atoms with Gasteiger partial charge in [-0.05, 0) is 6.07 Å². The van der Waals surface area contributed by atoms with E-state index in [-0.39, 0.29) is 18.9 Å². The number of carbonyl (C=O) groups is 1. The number of ether oxygens (including phenoxy) is 2. The molecule has 1 aromatic rings. The van der Waals surface area contributed by atoms with Crippen molar-refractivity contribution in [1.29, 1.82) is 0 Å². The fourth-order valence-electron chi connectivity index (χ4n) is 1.72. The lowest BCUT2D eigenvalue weighted by Crippen LogP contribution is -2.30. The normalized spacial score (nSPS) is 14.9. The zero-order chi connectivity index (χ0) is 16.3. The molecule has 118 valence electrons. The van der Waals surface area contributed by atoms with Crippen molar-refractivity contribution in [3.8, 4) is 0 Å². The fraction of sp³-hybridized carbons (Fsp3) is 0.250. The minimum Gasteiger partial charge on any atom is -0.483 e. The van der Waals surface area contributed by atoms with Gasteiger partial charge in [-0.2, -0.15) is 13.2 Å². The fourth-order valence-corrected chi connectivity index (χ4v) is 1.72. The average Bonchev–Trinajstić information content (AvgIpc) is 2.46. The number of amides is 1. The van der Waals surface area contributed by atoms with Crippen molar-refractivity contribution in [2.45, 2.75) is 6.18 Å². The Morgan fingerprint density at radius 2 is 1.86 bits per heavy atom. The number of allylic oxidation sites excluding steroid dienone is 1. The van der Waals surface area contributed by atoms with Crippen LogP contribution in [0.1, 0.15) is 0 Å². The largest absolute Gasteiger partial charge is 0.483 e. The second-order valence-electron chi connectivity index (χ2n) is 4.08. The van der Waals surface area contributed by atoms with Crippen molar-refractivity contribution >= 4 is 17.3 Å². The van der Waals surface area contributed by atoms with Gasteiger partial charge >= 0.3 is 6.18 Å². The molecule has 2 rings (SSSR count). The molecule has 0 unspecified atom stereocenters. The molecule has 0 saturated carbocycles. The molecule has 0 spiro atoms. The summed E-state index contributed by atoms with van der Waals surface area (Å²) in [6.45, 7) is -0.587. The number of rotatable bonds is 3. The average molecular weight is 318 g/mol. The van der Waals surface area contributed by atoms with Crippen molar-refractivity contribution in [2.75, 3.05) is 18.5 Å². The van der Waals surface area contributed by atoms with E-state index in [0.717, 1.165) is 6.07 Å². The third-order valence-electron chi connectivity index (χ3n) is 2.60. The summed E-state index contributed by atoms with van der Waals surface area (Å²) in [6, 6.07) is 5.04. The van der Waals surface area contributed by atoms with Gasteiger partial charge in [0, 0.05) is 6.07 Å². The maximum Gasteiger partial charge on any atom is 0.453 e. The molecule has 1 aromatic carbocycles. The lowest BCUT2D eigenvalue weighted by molar-refractivity contribution is -0.383. The summed E-state index contributed by atoms with van der Waals surface area (Å²) in [7, 11) is 0. The van der Waals surface area contributed by atoms with Crippen LogP contribution in [0.3, 0.4) is 0 Å². The standard InChI is InChI=1S/C12H9F3N2O5/c13-12(14,15)10-9(21-5-6-22-10)11(18)16-7-3-1-2-4-8(7)17(19)20/h1-4H,5-6H2,(H,16,18). The number of nitro groups is 1. The van der Waals surface area contributed by atoms with Gasteiger partial charge in [-0.25, -0.2) is 0 Å². The van der Waals surface area contributed by atoms with E-state index in [1.165, 1.54) is 18.2 Å². The Hall–Kier alpha value is -2.78. The van der Waals surface area contributed by atoms with Gasteiger partial charge in [0.1, 0.15) is 18.9 Å². The number of anilines is 1. The van der Waals surface area contributed by atoms with E-state index in [9.17, 15) is 28.1 Å². The molecule has 0 aliphatic carbocycles. The van der Waals surface area contributed by atoms with Crippen molar-refractivity contribution in [3.05, 3.63) is 45.9 Å². The molecule has 10 heteroatoms.